The van der Waals surface area contributed by atoms with Gasteiger partial charge in [-0.05, 0) is 50.9 Å². The number of rotatable bonds is 5. The topological polar surface area (TPSA) is 46.2 Å². The molecule has 0 spiro atoms. The quantitative estimate of drug-likeness (QED) is 0.892. The molecular weight excluding hydrogens is 246 g/mol. The molecule has 4 heteroatoms. The summed E-state index contributed by atoms with van der Waals surface area (Å²) in [4.78, 5) is 0. The maximum Gasteiger partial charge on any atom is 0.147 e. The van der Waals surface area contributed by atoms with E-state index in [-0.39, 0.29) is 11.8 Å². The zero-order valence-corrected chi connectivity index (χ0v) is 12.7. The van der Waals surface area contributed by atoms with Crippen molar-refractivity contribution < 1.29 is 8.42 Å². The van der Waals surface area contributed by atoms with Crippen molar-refractivity contribution >= 4 is 9.84 Å². The molecule has 1 atom stereocenters. The van der Waals surface area contributed by atoms with Crippen LogP contribution in [0.2, 0.25) is 0 Å². The second kappa shape index (κ2) is 5.85. The van der Waals surface area contributed by atoms with Crippen molar-refractivity contribution in [3.05, 3.63) is 34.4 Å². The Balaban J connectivity index is 3.02. The zero-order chi connectivity index (χ0) is 13.9. The van der Waals surface area contributed by atoms with E-state index in [4.69, 9.17) is 0 Å². The fourth-order valence-electron chi connectivity index (χ4n) is 2.51. The third-order valence-corrected chi connectivity index (χ3v) is 4.19. The highest BCUT2D eigenvalue weighted by Gasteiger charge is 2.16. The first-order valence-corrected chi connectivity index (χ1v) is 8.23. The Bertz CT molecular complexity index is 498. The number of hydrogen-bond donors (Lipinski definition) is 1. The standard InChI is InChI=1S/C14H23NO2S/c1-10-8-11(2)14(12(3)9-10)13(15-4)6-7-18(5,16)17/h8-9,13,15H,6-7H2,1-5H3. The molecule has 0 saturated heterocycles. The highest BCUT2D eigenvalue weighted by atomic mass is 32.2. The van der Waals surface area contributed by atoms with Crippen LogP contribution in [0.3, 0.4) is 0 Å². The van der Waals surface area contributed by atoms with Crippen LogP contribution in [-0.2, 0) is 9.84 Å². The molecule has 0 bridgehead atoms. The molecule has 1 unspecified atom stereocenters. The summed E-state index contributed by atoms with van der Waals surface area (Å²) in [6.45, 7) is 6.24. The summed E-state index contributed by atoms with van der Waals surface area (Å²) < 4.78 is 22.6. The first kappa shape index (κ1) is 15.2. The predicted octanol–water partition coefficient (Wildman–Crippen LogP) is 2.31. The summed E-state index contributed by atoms with van der Waals surface area (Å²) in [5.41, 5.74) is 4.92. The summed E-state index contributed by atoms with van der Waals surface area (Å²) in [6, 6.07) is 4.39. The third kappa shape index (κ3) is 4.10. The molecule has 18 heavy (non-hydrogen) atoms. The predicted molar refractivity (Wildman–Crippen MR) is 76.8 cm³/mol. The van der Waals surface area contributed by atoms with Gasteiger partial charge < -0.3 is 5.32 Å². The Morgan fingerprint density at radius 2 is 1.67 bits per heavy atom. The van der Waals surface area contributed by atoms with Crippen LogP contribution in [-0.4, -0.2) is 27.5 Å². The lowest BCUT2D eigenvalue weighted by atomic mass is 9.93. The van der Waals surface area contributed by atoms with Crippen LogP contribution in [0.15, 0.2) is 12.1 Å². The average molecular weight is 269 g/mol. The van der Waals surface area contributed by atoms with Crippen molar-refractivity contribution in [3.63, 3.8) is 0 Å². The molecule has 0 saturated carbocycles. The minimum atomic E-state index is -2.91. The summed E-state index contributed by atoms with van der Waals surface area (Å²) >= 11 is 0. The Hall–Kier alpha value is -0.870. The molecule has 1 aromatic rings. The SMILES string of the molecule is CNC(CCS(C)(=O)=O)c1c(C)cc(C)cc1C. The van der Waals surface area contributed by atoms with E-state index in [1.54, 1.807) is 0 Å². The first-order valence-electron chi connectivity index (χ1n) is 6.17. The lowest BCUT2D eigenvalue weighted by Gasteiger charge is -2.21. The van der Waals surface area contributed by atoms with E-state index >= 15 is 0 Å². The van der Waals surface area contributed by atoms with Crippen molar-refractivity contribution in [2.24, 2.45) is 0 Å². The normalized spacial score (nSPS) is 13.6. The minimum Gasteiger partial charge on any atom is -0.313 e. The van der Waals surface area contributed by atoms with Gasteiger partial charge in [-0.1, -0.05) is 17.7 Å². The van der Waals surface area contributed by atoms with Gasteiger partial charge in [-0.2, -0.15) is 0 Å². The highest BCUT2D eigenvalue weighted by Crippen LogP contribution is 2.25. The molecule has 1 N–H and O–H groups in total. The zero-order valence-electron chi connectivity index (χ0n) is 11.9. The molecule has 0 aliphatic carbocycles. The van der Waals surface area contributed by atoms with E-state index in [1.807, 2.05) is 7.05 Å². The van der Waals surface area contributed by atoms with Gasteiger partial charge in [0.25, 0.3) is 0 Å². The number of benzene rings is 1. The smallest absolute Gasteiger partial charge is 0.147 e. The first-order chi connectivity index (χ1) is 8.24. The van der Waals surface area contributed by atoms with Crippen molar-refractivity contribution in [3.8, 4) is 0 Å². The molecule has 0 aliphatic heterocycles. The molecule has 0 fully saturated rings. The van der Waals surface area contributed by atoms with E-state index in [1.165, 1.54) is 28.5 Å². The lowest BCUT2D eigenvalue weighted by Crippen LogP contribution is -2.21. The molecule has 1 aromatic carbocycles. The number of hydrogen-bond acceptors (Lipinski definition) is 3. The lowest BCUT2D eigenvalue weighted by molar-refractivity contribution is 0.555. The van der Waals surface area contributed by atoms with Crippen LogP contribution < -0.4 is 5.32 Å². The minimum absolute atomic E-state index is 0.0975. The van der Waals surface area contributed by atoms with Crippen LogP contribution in [0.25, 0.3) is 0 Å². The van der Waals surface area contributed by atoms with Gasteiger partial charge in [0.2, 0.25) is 0 Å². The van der Waals surface area contributed by atoms with Gasteiger partial charge in [0.15, 0.2) is 0 Å². The van der Waals surface area contributed by atoms with Gasteiger partial charge in [-0.25, -0.2) is 8.42 Å². The van der Waals surface area contributed by atoms with E-state index in [0.29, 0.717) is 6.42 Å². The fraction of sp³-hybridized carbons (Fsp3) is 0.571. The Morgan fingerprint density at radius 1 is 1.17 bits per heavy atom. The van der Waals surface area contributed by atoms with Crippen molar-refractivity contribution in [1.29, 1.82) is 0 Å². The molecule has 0 aliphatic rings. The molecule has 0 radical (unpaired) electrons. The summed E-state index contributed by atoms with van der Waals surface area (Å²) in [5, 5.41) is 3.23. The molecule has 1 rings (SSSR count). The Labute approximate surface area is 111 Å². The second-order valence-electron chi connectivity index (χ2n) is 5.07. The molecule has 0 amide bonds. The van der Waals surface area contributed by atoms with Gasteiger partial charge in [0.05, 0.1) is 5.75 Å². The third-order valence-electron chi connectivity index (χ3n) is 3.21. The summed E-state index contributed by atoms with van der Waals surface area (Å²) in [5.74, 6) is 0.214. The maximum absolute atomic E-state index is 11.3. The van der Waals surface area contributed by atoms with E-state index in [0.717, 1.165) is 0 Å². The van der Waals surface area contributed by atoms with Gasteiger partial charge in [0.1, 0.15) is 9.84 Å². The monoisotopic (exact) mass is 269 g/mol. The summed E-state index contributed by atoms with van der Waals surface area (Å²) in [7, 11) is -1.03. The molecule has 3 nitrogen and oxygen atoms in total. The van der Waals surface area contributed by atoms with Crippen LogP contribution in [0.5, 0.6) is 0 Å². The highest BCUT2D eigenvalue weighted by molar-refractivity contribution is 7.90. The number of nitrogens with one attached hydrogen (secondary N) is 1. The average Bonchev–Trinajstić information content (AvgIpc) is 2.20. The van der Waals surface area contributed by atoms with Crippen LogP contribution >= 0.6 is 0 Å². The Kier molecular flexibility index (Phi) is 4.93. The number of aryl methyl sites for hydroxylation is 3. The molecule has 102 valence electrons. The van der Waals surface area contributed by atoms with Crippen LogP contribution in [0.4, 0.5) is 0 Å². The number of sulfone groups is 1. The van der Waals surface area contributed by atoms with Crippen LogP contribution in [0.1, 0.15) is 34.7 Å². The molecular formula is C14H23NO2S. The van der Waals surface area contributed by atoms with Gasteiger partial charge in [0, 0.05) is 12.3 Å². The maximum atomic E-state index is 11.3. The molecule has 0 heterocycles. The largest absolute Gasteiger partial charge is 0.313 e. The van der Waals surface area contributed by atoms with Gasteiger partial charge in [-0.15, -0.1) is 0 Å². The van der Waals surface area contributed by atoms with Crippen molar-refractivity contribution in [1.82, 2.24) is 5.32 Å². The van der Waals surface area contributed by atoms with Crippen molar-refractivity contribution in [2.45, 2.75) is 33.2 Å². The van der Waals surface area contributed by atoms with E-state index in [9.17, 15) is 8.42 Å². The summed E-state index contributed by atoms with van der Waals surface area (Å²) in [6.07, 6.45) is 1.90. The second-order valence-corrected chi connectivity index (χ2v) is 7.33. The molecule has 0 aromatic heterocycles. The van der Waals surface area contributed by atoms with Crippen LogP contribution in [0, 0.1) is 20.8 Å². The van der Waals surface area contributed by atoms with Gasteiger partial charge >= 0.3 is 0 Å². The fourth-order valence-corrected chi connectivity index (χ4v) is 3.17. The van der Waals surface area contributed by atoms with E-state index in [2.05, 4.69) is 38.2 Å². The van der Waals surface area contributed by atoms with E-state index < -0.39 is 9.84 Å². The van der Waals surface area contributed by atoms with Crippen molar-refractivity contribution in [2.75, 3.05) is 19.1 Å². The van der Waals surface area contributed by atoms with Gasteiger partial charge in [-0.3, -0.25) is 0 Å². The Morgan fingerprint density at radius 3 is 2.06 bits per heavy atom.